The van der Waals surface area contributed by atoms with E-state index >= 15 is 0 Å². The number of benzene rings is 1. The minimum Gasteiger partial charge on any atom is -0.444 e. The van der Waals surface area contributed by atoms with E-state index in [0.29, 0.717) is 18.0 Å². The van der Waals surface area contributed by atoms with Crippen LogP contribution in [0, 0.1) is 5.82 Å². The molecule has 2 rings (SSSR count). The molecular formula is C14H16BrFN2O. The molecule has 0 aliphatic rings. The first-order valence-electron chi connectivity index (χ1n) is 6.00. The average molecular weight is 327 g/mol. The summed E-state index contributed by atoms with van der Waals surface area (Å²) >= 11 is 3.31. The maximum Gasteiger partial charge on any atom is 0.229 e. The van der Waals surface area contributed by atoms with Crippen molar-refractivity contribution < 1.29 is 8.81 Å². The zero-order chi connectivity index (χ0) is 14.0. The van der Waals surface area contributed by atoms with Crippen LogP contribution >= 0.6 is 15.9 Å². The summed E-state index contributed by atoms with van der Waals surface area (Å²) in [5.74, 6) is -0.0510. The van der Waals surface area contributed by atoms with Crippen LogP contribution in [0.3, 0.4) is 0 Å². The highest BCUT2D eigenvalue weighted by atomic mass is 79.9. The lowest BCUT2D eigenvalue weighted by Gasteiger charge is -2.19. The van der Waals surface area contributed by atoms with Crippen molar-refractivity contribution >= 4 is 15.9 Å². The van der Waals surface area contributed by atoms with Crippen molar-refractivity contribution in [3.8, 4) is 11.5 Å². The SMILES string of the molecule is CC(C)(C)NCc1coc(-c2cc(Br)ccc2F)n1. The molecule has 0 amide bonds. The summed E-state index contributed by atoms with van der Waals surface area (Å²) in [5, 5.41) is 3.30. The van der Waals surface area contributed by atoms with Crippen molar-refractivity contribution in [2.24, 2.45) is 0 Å². The number of halogens is 2. The van der Waals surface area contributed by atoms with Gasteiger partial charge in [0.1, 0.15) is 12.1 Å². The highest BCUT2D eigenvalue weighted by molar-refractivity contribution is 9.10. The smallest absolute Gasteiger partial charge is 0.229 e. The number of rotatable bonds is 3. The average Bonchev–Trinajstić information content (AvgIpc) is 2.77. The van der Waals surface area contributed by atoms with Crippen molar-refractivity contribution in [2.45, 2.75) is 32.9 Å². The largest absolute Gasteiger partial charge is 0.444 e. The van der Waals surface area contributed by atoms with Gasteiger partial charge in [-0.15, -0.1) is 0 Å². The third-order valence-electron chi connectivity index (χ3n) is 2.51. The maximum absolute atomic E-state index is 13.7. The lowest BCUT2D eigenvalue weighted by atomic mass is 10.1. The zero-order valence-corrected chi connectivity index (χ0v) is 12.7. The lowest BCUT2D eigenvalue weighted by Crippen LogP contribution is -2.35. The van der Waals surface area contributed by atoms with E-state index in [4.69, 9.17) is 4.42 Å². The molecule has 0 aliphatic carbocycles. The van der Waals surface area contributed by atoms with Crippen molar-refractivity contribution in [1.29, 1.82) is 0 Å². The van der Waals surface area contributed by atoms with Crippen LogP contribution in [-0.4, -0.2) is 10.5 Å². The van der Waals surface area contributed by atoms with Gasteiger partial charge in [0.25, 0.3) is 0 Å². The van der Waals surface area contributed by atoms with E-state index in [2.05, 4.69) is 47.0 Å². The van der Waals surface area contributed by atoms with E-state index in [1.165, 1.54) is 6.07 Å². The molecule has 0 aliphatic heterocycles. The summed E-state index contributed by atoms with van der Waals surface area (Å²) < 4.78 is 19.8. The molecule has 19 heavy (non-hydrogen) atoms. The molecule has 2 aromatic rings. The van der Waals surface area contributed by atoms with Crippen LogP contribution in [0.15, 0.2) is 33.4 Å². The molecule has 1 N–H and O–H groups in total. The van der Waals surface area contributed by atoms with E-state index in [-0.39, 0.29) is 11.4 Å². The van der Waals surface area contributed by atoms with Gasteiger partial charge in [0.05, 0.1) is 11.3 Å². The minimum atomic E-state index is -0.347. The quantitative estimate of drug-likeness (QED) is 0.921. The molecule has 1 aromatic heterocycles. The molecule has 0 saturated heterocycles. The van der Waals surface area contributed by atoms with Gasteiger partial charge in [-0.05, 0) is 39.0 Å². The van der Waals surface area contributed by atoms with Gasteiger partial charge in [0.15, 0.2) is 0 Å². The Balaban J connectivity index is 2.19. The van der Waals surface area contributed by atoms with Gasteiger partial charge in [0.2, 0.25) is 5.89 Å². The van der Waals surface area contributed by atoms with Gasteiger partial charge >= 0.3 is 0 Å². The van der Waals surface area contributed by atoms with E-state index in [1.807, 2.05) is 0 Å². The highest BCUT2D eigenvalue weighted by Crippen LogP contribution is 2.25. The number of nitrogens with one attached hydrogen (secondary N) is 1. The van der Waals surface area contributed by atoms with Gasteiger partial charge in [-0.1, -0.05) is 15.9 Å². The van der Waals surface area contributed by atoms with Gasteiger partial charge in [-0.25, -0.2) is 9.37 Å². The Hall–Kier alpha value is -1.20. The Kier molecular flexibility index (Phi) is 4.06. The van der Waals surface area contributed by atoms with E-state index in [1.54, 1.807) is 18.4 Å². The van der Waals surface area contributed by atoms with Gasteiger partial charge < -0.3 is 9.73 Å². The lowest BCUT2D eigenvalue weighted by molar-refractivity contribution is 0.421. The van der Waals surface area contributed by atoms with Crippen molar-refractivity contribution in [1.82, 2.24) is 10.3 Å². The van der Waals surface area contributed by atoms with E-state index in [9.17, 15) is 4.39 Å². The second-order valence-electron chi connectivity index (χ2n) is 5.37. The zero-order valence-electron chi connectivity index (χ0n) is 11.1. The monoisotopic (exact) mass is 326 g/mol. The predicted molar refractivity (Wildman–Crippen MR) is 76.2 cm³/mol. The number of oxazole rings is 1. The molecule has 102 valence electrons. The first-order chi connectivity index (χ1) is 8.85. The van der Waals surface area contributed by atoms with Crippen LogP contribution in [-0.2, 0) is 6.54 Å². The Morgan fingerprint density at radius 2 is 2.11 bits per heavy atom. The van der Waals surface area contributed by atoms with Crippen LogP contribution in [0.4, 0.5) is 4.39 Å². The van der Waals surface area contributed by atoms with Crippen LogP contribution < -0.4 is 5.32 Å². The Labute approximate surface area is 120 Å². The third kappa shape index (κ3) is 3.88. The molecule has 1 heterocycles. The van der Waals surface area contributed by atoms with Crippen LogP contribution in [0.25, 0.3) is 11.5 Å². The molecule has 0 fully saturated rings. The molecule has 0 atom stereocenters. The fraction of sp³-hybridized carbons (Fsp3) is 0.357. The topological polar surface area (TPSA) is 38.1 Å². The molecule has 5 heteroatoms. The first-order valence-corrected chi connectivity index (χ1v) is 6.79. The normalized spacial score (nSPS) is 11.8. The Morgan fingerprint density at radius 3 is 2.79 bits per heavy atom. The Morgan fingerprint density at radius 1 is 1.37 bits per heavy atom. The summed E-state index contributed by atoms with van der Waals surface area (Å²) in [7, 11) is 0. The number of hydrogen-bond acceptors (Lipinski definition) is 3. The molecule has 0 unspecified atom stereocenters. The number of aromatic nitrogens is 1. The first kappa shape index (κ1) is 14.2. The second-order valence-corrected chi connectivity index (χ2v) is 6.29. The molecule has 0 bridgehead atoms. The summed E-state index contributed by atoms with van der Waals surface area (Å²) in [6, 6.07) is 4.68. The summed E-state index contributed by atoms with van der Waals surface area (Å²) in [5.41, 5.74) is 1.11. The van der Waals surface area contributed by atoms with Crippen LogP contribution in [0.2, 0.25) is 0 Å². The van der Waals surface area contributed by atoms with Crippen molar-refractivity contribution in [2.75, 3.05) is 0 Å². The second kappa shape index (κ2) is 5.43. The van der Waals surface area contributed by atoms with E-state index < -0.39 is 0 Å². The molecular weight excluding hydrogens is 311 g/mol. The van der Waals surface area contributed by atoms with Crippen LogP contribution in [0.1, 0.15) is 26.5 Å². The molecule has 1 aromatic carbocycles. The highest BCUT2D eigenvalue weighted by Gasteiger charge is 2.14. The molecule has 0 saturated carbocycles. The molecule has 3 nitrogen and oxygen atoms in total. The van der Waals surface area contributed by atoms with Crippen LogP contribution in [0.5, 0.6) is 0 Å². The summed E-state index contributed by atoms with van der Waals surface area (Å²) in [6.07, 6.45) is 1.55. The summed E-state index contributed by atoms with van der Waals surface area (Å²) in [6.45, 7) is 6.80. The molecule has 0 spiro atoms. The predicted octanol–water partition coefficient (Wildman–Crippen LogP) is 4.13. The Bertz CT molecular complexity index is 575. The van der Waals surface area contributed by atoms with Gasteiger partial charge in [0, 0.05) is 16.6 Å². The molecule has 0 radical (unpaired) electrons. The van der Waals surface area contributed by atoms with Crippen molar-refractivity contribution in [3.05, 3.63) is 40.4 Å². The number of nitrogens with zero attached hydrogens (tertiary/aromatic N) is 1. The van der Waals surface area contributed by atoms with Gasteiger partial charge in [-0.2, -0.15) is 0 Å². The van der Waals surface area contributed by atoms with Crippen molar-refractivity contribution in [3.63, 3.8) is 0 Å². The third-order valence-corrected chi connectivity index (χ3v) is 3.00. The standard InChI is InChI=1S/C14H16BrFN2O/c1-14(2,3)17-7-10-8-19-13(18-10)11-6-9(15)4-5-12(11)16/h4-6,8,17H,7H2,1-3H3. The maximum atomic E-state index is 13.7. The minimum absolute atomic E-state index is 0.000137. The summed E-state index contributed by atoms with van der Waals surface area (Å²) in [4.78, 5) is 4.30. The fourth-order valence-electron chi connectivity index (χ4n) is 1.53. The van der Waals surface area contributed by atoms with E-state index in [0.717, 1.165) is 10.2 Å². The number of hydrogen-bond donors (Lipinski definition) is 1. The van der Waals surface area contributed by atoms with Gasteiger partial charge in [-0.3, -0.25) is 0 Å². The fourth-order valence-corrected chi connectivity index (χ4v) is 1.89.